The van der Waals surface area contributed by atoms with Crippen LogP contribution in [-0.4, -0.2) is 144 Å². The maximum absolute atomic E-state index is 11.4. The Kier molecular flexibility index (Phi) is 86.5. The average molecular weight is 985 g/mol. The minimum Gasteiger partial charge on any atom is -0.466 e. The fraction of sp³-hybridized carbons (Fsp3) is 0.820. The molecule has 0 spiro atoms. The molecule has 0 saturated heterocycles. The van der Waals surface area contributed by atoms with Crippen LogP contribution in [0.15, 0.2) is 0 Å². The zero-order valence-corrected chi connectivity index (χ0v) is 46.3. The second kappa shape index (κ2) is 71.8. The lowest BCUT2D eigenvalue weighted by Gasteiger charge is -2.12. The normalized spacial score (nSPS) is 9.69. The highest BCUT2D eigenvalue weighted by Crippen LogP contribution is 2.15. The highest BCUT2D eigenvalue weighted by atomic mass is 32.2. The highest BCUT2D eigenvalue weighted by molar-refractivity contribution is 7.98. The van der Waals surface area contributed by atoms with Gasteiger partial charge in [0.05, 0.1) is 13.2 Å². The summed E-state index contributed by atoms with van der Waals surface area (Å²) >= 11 is 1.86. The zero-order valence-electron chi connectivity index (χ0n) is 45.5. The predicted octanol–water partition coefficient (Wildman–Crippen LogP) is 8.39. The molecule has 0 heterocycles. The molecule has 0 fully saturated rings. The van der Waals surface area contributed by atoms with Gasteiger partial charge in [-0.25, -0.2) is 0 Å². The quantitative estimate of drug-likeness (QED) is 0.0491. The van der Waals surface area contributed by atoms with Crippen molar-refractivity contribution in [3.05, 3.63) is 0 Å². The number of nitrogens with one attached hydrogen (secondary N) is 2. The molecule has 1 amide bonds. The molecule has 0 bridgehead atoms. The summed E-state index contributed by atoms with van der Waals surface area (Å²) in [5, 5.41) is 5.73. The van der Waals surface area contributed by atoms with Crippen LogP contribution in [0.4, 0.5) is 0 Å². The largest absolute Gasteiger partial charge is 0.466 e. The molecule has 0 aromatic rings. The van der Waals surface area contributed by atoms with Crippen LogP contribution in [0.5, 0.6) is 0 Å². The molecular formula is C50H100N2O14S. The Morgan fingerprint density at radius 1 is 0.537 bits per heavy atom. The number of thioether (sulfide) groups is 1. The molecule has 2 N–H and O–H groups in total. The summed E-state index contributed by atoms with van der Waals surface area (Å²) in [4.78, 5) is 95.3. The summed E-state index contributed by atoms with van der Waals surface area (Å²) in [6, 6.07) is 0. The molecule has 0 saturated carbocycles. The Morgan fingerprint density at radius 3 is 1.36 bits per heavy atom. The second-order valence-corrected chi connectivity index (χ2v) is 15.4. The summed E-state index contributed by atoms with van der Waals surface area (Å²) in [6.07, 6.45) is 9.37. The lowest BCUT2D eigenvalue weighted by atomic mass is 9.92. The van der Waals surface area contributed by atoms with E-state index in [0.29, 0.717) is 71.5 Å². The SMILES string of the molecule is CCC(=O)CC(CCCCNC(=O)CC)C(C)=O.CCCC(=O)COCC(C)=O.CCNC.CCOC(C)=O.CCOCC(C)=O.CCOCCC(C)=O.CCOCCCC(C)=O.CCSC. The van der Waals surface area contributed by atoms with Gasteiger partial charge in [0, 0.05) is 84.3 Å². The molecule has 1 unspecified atom stereocenters. The third kappa shape index (κ3) is 111. The van der Waals surface area contributed by atoms with E-state index in [0.717, 1.165) is 51.9 Å². The smallest absolute Gasteiger partial charge is 0.302 e. The van der Waals surface area contributed by atoms with E-state index in [1.165, 1.54) is 26.5 Å². The summed E-state index contributed by atoms with van der Waals surface area (Å²) < 4.78 is 23.9. The van der Waals surface area contributed by atoms with Crippen molar-refractivity contribution in [2.75, 3.05) is 91.6 Å². The average Bonchev–Trinajstić information content (AvgIpc) is 3.27. The van der Waals surface area contributed by atoms with Crippen LogP contribution in [0, 0.1) is 5.92 Å². The van der Waals surface area contributed by atoms with Gasteiger partial charge in [-0.2, -0.15) is 11.8 Å². The van der Waals surface area contributed by atoms with Crippen molar-refractivity contribution >= 4 is 64.1 Å². The van der Waals surface area contributed by atoms with Gasteiger partial charge in [0.1, 0.15) is 43.0 Å². The Labute approximate surface area is 412 Å². The summed E-state index contributed by atoms with van der Waals surface area (Å²) in [5.74, 6) is 1.72. The van der Waals surface area contributed by atoms with Crippen molar-refractivity contribution in [2.45, 2.75) is 174 Å². The number of carbonyl (C=O) groups is 9. The number of esters is 1. The third-order valence-electron chi connectivity index (χ3n) is 7.49. The van der Waals surface area contributed by atoms with Gasteiger partial charge in [-0.1, -0.05) is 41.0 Å². The summed E-state index contributed by atoms with van der Waals surface area (Å²) in [6.45, 7) is 32.3. The lowest BCUT2D eigenvalue weighted by molar-refractivity contribution is -0.140. The molecule has 0 aliphatic heterocycles. The van der Waals surface area contributed by atoms with Crippen molar-refractivity contribution in [1.29, 1.82) is 0 Å². The topological polar surface area (TPSA) is 224 Å². The molecule has 1 atom stereocenters. The van der Waals surface area contributed by atoms with Crippen LogP contribution < -0.4 is 10.6 Å². The Hall–Kier alpha value is -3.22. The van der Waals surface area contributed by atoms with Gasteiger partial charge >= 0.3 is 5.97 Å². The number of rotatable bonds is 31. The van der Waals surface area contributed by atoms with E-state index in [9.17, 15) is 43.2 Å². The number of ketones is 7. The molecule has 0 rings (SSSR count). The predicted molar refractivity (Wildman–Crippen MR) is 274 cm³/mol. The molecular weight excluding hydrogens is 885 g/mol. The van der Waals surface area contributed by atoms with Crippen molar-refractivity contribution in [2.24, 2.45) is 5.92 Å². The number of amides is 1. The van der Waals surface area contributed by atoms with Crippen LogP contribution in [0.3, 0.4) is 0 Å². The third-order valence-corrected chi connectivity index (χ3v) is 8.06. The van der Waals surface area contributed by atoms with E-state index >= 15 is 0 Å². The van der Waals surface area contributed by atoms with Gasteiger partial charge in [0.2, 0.25) is 5.91 Å². The fourth-order valence-corrected chi connectivity index (χ4v) is 3.77. The van der Waals surface area contributed by atoms with Gasteiger partial charge < -0.3 is 39.1 Å². The molecule has 0 aliphatic carbocycles. The first-order chi connectivity index (χ1) is 31.6. The Balaban J connectivity index is -0.000000104. The monoisotopic (exact) mass is 985 g/mol. The van der Waals surface area contributed by atoms with Crippen LogP contribution in [-0.2, 0) is 66.8 Å². The van der Waals surface area contributed by atoms with Crippen molar-refractivity contribution in [1.82, 2.24) is 10.6 Å². The van der Waals surface area contributed by atoms with E-state index < -0.39 is 0 Å². The van der Waals surface area contributed by atoms with Crippen molar-refractivity contribution in [3.8, 4) is 0 Å². The first-order valence-corrected chi connectivity index (χ1v) is 25.3. The molecule has 0 aromatic carbocycles. The highest BCUT2D eigenvalue weighted by Gasteiger charge is 2.17. The van der Waals surface area contributed by atoms with Gasteiger partial charge in [0.15, 0.2) is 17.3 Å². The minimum absolute atomic E-state index is 0.0469. The Morgan fingerprint density at radius 2 is 1.03 bits per heavy atom. The first-order valence-electron chi connectivity index (χ1n) is 23.9. The van der Waals surface area contributed by atoms with Gasteiger partial charge in [0.25, 0.3) is 0 Å². The number of Topliss-reactive ketones (excluding diaryl/α,β-unsaturated/α-hetero) is 7. The molecule has 67 heavy (non-hydrogen) atoms. The molecule has 0 aliphatic rings. The maximum Gasteiger partial charge on any atom is 0.302 e. The van der Waals surface area contributed by atoms with Crippen LogP contribution in [0.2, 0.25) is 0 Å². The molecule has 400 valence electrons. The van der Waals surface area contributed by atoms with E-state index in [4.69, 9.17) is 18.9 Å². The number of hydrogen-bond acceptors (Lipinski definition) is 16. The van der Waals surface area contributed by atoms with Crippen LogP contribution in [0.25, 0.3) is 0 Å². The van der Waals surface area contributed by atoms with Gasteiger partial charge in [-0.3, -0.25) is 38.4 Å². The second-order valence-electron chi connectivity index (χ2n) is 14.3. The number of carbonyl (C=O) groups excluding carboxylic acids is 9. The van der Waals surface area contributed by atoms with E-state index in [1.807, 2.05) is 60.4 Å². The molecule has 16 nitrogen and oxygen atoms in total. The van der Waals surface area contributed by atoms with Crippen LogP contribution >= 0.6 is 11.8 Å². The van der Waals surface area contributed by atoms with Gasteiger partial charge in [-0.15, -0.1) is 0 Å². The van der Waals surface area contributed by atoms with Crippen LogP contribution in [0.1, 0.15) is 174 Å². The lowest BCUT2D eigenvalue weighted by Crippen LogP contribution is -2.23. The number of ether oxygens (including phenoxy) is 5. The Bertz CT molecular complexity index is 1160. The summed E-state index contributed by atoms with van der Waals surface area (Å²) in [7, 11) is 1.93. The first kappa shape index (κ1) is 80.8. The standard InChI is InChI=1S/C14H25NO3.C8H14O3.C7H14O2.C6H12O2.C5H10O2.C4H8O2.C3H9N.C3H8S/c1-4-13(17)10-12(11(3)16)8-6-7-9-15-14(18)5-2;1-3-4-8(10)6-11-5-7(2)9;1-3-9-6-4-5-7(2)8;1-3-8-5-4-6(2)7;1-3-7-4-5(2)6;1-3-6-4(2)5;2*1-3-4-2/h12H,4-10H2,1-3H3,(H,15,18);3-6H2,1-2H3;3-6H2,1-2H3;3-5H2,1-2H3;3-4H2,1-2H3;3H2,1-2H3;4H,3H2,1-2H3;3H2,1-2H3. The van der Waals surface area contributed by atoms with E-state index in [-0.39, 0.29) is 78.1 Å². The fourth-order valence-electron chi connectivity index (χ4n) is 3.77. The van der Waals surface area contributed by atoms with E-state index in [1.54, 1.807) is 27.7 Å². The maximum atomic E-state index is 11.4. The molecule has 17 heteroatoms. The minimum atomic E-state index is -0.211. The number of unbranched alkanes of at least 4 members (excludes halogenated alkanes) is 1. The van der Waals surface area contributed by atoms with Crippen molar-refractivity contribution < 1.29 is 66.8 Å². The summed E-state index contributed by atoms with van der Waals surface area (Å²) in [5.41, 5.74) is 0. The molecule has 0 aromatic heterocycles. The zero-order chi connectivity index (χ0) is 53.7. The van der Waals surface area contributed by atoms with E-state index in [2.05, 4.69) is 35.5 Å². The van der Waals surface area contributed by atoms with Gasteiger partial charge in [-0.05, 0) is 114 Å². The van der Waals surface area contributed by atoms with Crippen molar-refractivity contribution in [3.63, 3.8) is 0 Å². The molecule has 0 radical (unpaired) electrons. The number of hydrogen-bond donors (Lipinski definition) is 2.